The number of carboxylic acids is 1. The summed E-state index contributed by atoms with van der Waals surface area (Å²) in [6.07, 6.45) is 8.05. The number of nitrogens with one attached hydrogen (secondary N) is 1. The summed E-state index contributed by atoms with van der Waals surface area (Å²) >= 11 is 0. The number of carbonyl (C=O) groups excluding carboxylic acids is 2. The number of aromatic carboxylic acids is 1. The molecule has 4 rings (SSSR count). The minimum Gasteiger partial charge on any atom is -0.478 e. The first-order chi connectivity index (χ1) is 17.7. The number of rotatable bonds is 4. The predicted molar refractivity (Wildman–Crippen MR) is 148 cm³/mol. The van der Waals surface area contributed by atoms with Crippen LogP contribution in [0.3, 0.4) is 0 Å². The quantitative estimate of drug-likeness (QED) is 0.469. The number of hydrogen-bond donors (Lipinski definition) is 2. The highest BCUT2D eigenvalue weighted by Gasteiger charge is 2.47. The minimum atomic E-state index is -0.923. The Kier molecular flexibility index (Phi) is 7.52. The fourth-order valence-corrected chi connectivity index (χ4v) is 6.59. The van der Waals surface area contributed by atoms with Gasteiger partial charge < -0.3 is 20.1 Å². The van der Waals surface area contributed by atoms with E-state index < -0.39 is 11.6 Å². The van der Waals surface area contributed by atoms with Crippen LogP contribution in [0.15, 0.2) is 42.0 Å². The average Bonchev–Trinajstić information content (AvgIpc) is 2.82. The summed E-state index contributed by atoms with van der Waals surface area (Å²) in [7, 11) is 0. The van der Waals surface area contributed by atoms with Gasteiger partial charge in [0.15, 0.2) is 0 Å². The molecule has 1 aromatic carbocycles. The number of hydrogen-bond acceptors (Lipinski definition) is 4. The lowest BCUT2D eigenvalue weighted by atomic mass is 9.58. The van der Waals surface area contributed by atoms with E-state index >= 15 is 0 Å². The largest absolute Gasteiger partial charge is 0.478 e. The molecule has 0 saturated heterocycles. The van der Waals surface area contributed by atoms with Crippen molar-refractivity contribution in [2.45, 2.75) is 85.3 Å². The Bertz CT molecular complexity index is 1150. The number of amides is 2. The van der Waals surface area contributed by atoms with Crippen LogP contribution in [-0.2, 0) is 9.53 Å². The maximum Gasteiger partial charge on any atom is 0.407 e. The smallest absolute Gasteiger partial charge is 0.407 e. The minimum absolute atomic E-state index is 0.0132. The van der Waals surface area contributed by atoms with Crippen LogP contribution in [0.1, 0.15) is 89.6 Å². The fraction of sp³-hybridized carbons (Fsp3) is 0.581. The average molecular weight is 523 g/mol. The van der Waals surface area contributed by atoms with Crippen molar-refractivity contribution in [1.29, 1.82) is 0 Å². The molecule has 1 heterocycles. The van der Waals surface area contributed by atoms with Gasteiger partial charge in [-0.1, -0.05) is 50.6 Å². The number of allylic oxidation sites excluding steroid dienone is 2. The van der Waals surface area contributed by atoms with Crippen LogP contribution in [0.5, 0.6) is 0 Å². The summed E-state index contributed by atoms with van der Waals surface area (Å²) < 4.78 is 5.38. The van der Waals surface area contributed by atoms with Crippen molar-refractivity contribution in [2.75, 3.05) is 13.1 Å². The Balaban J connectivity index is 1.40. The Morgan fingerprint density at radius 3 is 2.21 bits per heavy atom. The molecule has 7 nitrogen and oxygen atoms in total. The van der Waals surface area contributed by atoms with E-state index in [1.807, 2.05) is 37.8 Å². The third-order valence-corrected chi connectivity index (χ3v) is 8.36. The van der Waals surface area contributed by atoms with Crippen molar-refractivity contribution in [3.05, 3.63) is 53.1 Å². The molecule has 1 aromatic rings. The first-order valence-electron chi connectivity index (χ1n) is 13.7. The zero-order valence-corrected chi connectivity index (χ0v) is 23.6. The topological polar surface area (TPSA) is 95.9 Å². The van der Waals surface area contributed by atoms with Gasteiger partial charge in [0, 0.05) is 35.9 Å². The van der Waals surface area contributed by atoms with Gasteiger partial charge in [0.05, 0.1) is 5.56 Å². The van der Waals surface area contributed by atoms with Crippen LogP contribution in [0.4, 0.5) is 4.79 Å². The van der Waals surface area contributed by atoms with Crippen LogP contribution in [0, 0.1) is 16.7 Å². The van der Waals surface area contributed by atoms with Gasteiger partial charge in [-0.15, -0.1) is 0 Å². The van der Waals surface area contributed by atoms with Gasteiger partial charge in [0.2, 0.25) is 5.91 Å². The highest BCUT2D eigenvalue weighted by Crippen LogP contribution is 2.55. The predicted octanol–water partition coefficient (Wildman–Crippen LogP) is 6.06. The molecule has 1 fully saturated rings. The number of carboxylic acid groups (broad SMARTS) is 1. The van der Waals surface area contributed by atoms with Gasteiger partial charge in [-0.3, -0.25) is 4.79 Å². The van der Waals surface area contributed by atoms with Crippen LogP contribution in [-0.4, -0.2) is 52.7 Å². The third-order valence-electron chi connectivity index (χ3n) is 8.36. The lowest BCUT2D eigenvalue weighted by Crippen LogP contribution is -2.51. The second-order valence-corrected chi connectivity index (χ2v) is 12.9. The number of ether oxygens (including phenoxy) is 1. The Hall–Kier alpha value is -3.09. The van der Waals surface area contributed by atoms with Gasteiger partial charge in [-0.25, -0.2) is 9.59 Å². The number of alkyl carbamates (subject to hydrolysis) is 1. The van der Waals surface area contributed by atoms with Gasteiger partial charge in [-0.05, 0) is 76.1 Å². The van der Waals surface area contributed by atoms with E-state index in [0.29, 0.717) is 13.1 Å². The molecular weight excluding hydrogens is 480 g/mol. The van der Waals surface area contributed by atoms with Crippen molar-refractivity contribution < 1.29 is 24.2 Å². The molecule has 0 bridgehead atoms. The van der Waals surface area contributed by atoms with Crippen molar-refractivity contribution in [3.8, 4) is 0 Å². The summed E-state index contributed by atoms with van der Waals surface area (Å²) in [6.45, 7) is 13.6. The molecule has 2 aliphatic carbocycles. The van der Waals surface area contributed by atoms with E-state index in [-0.39, 0.29) is 40.4 Å². The molecular formula is C31H42N2O5. The highest BCUT2D eigenvalue weighted by molar-refractivity contribution is 5.88. The number of carbonyl (C=O) groups is 3. The number of fused-ring (bicyclic) bond motifs is 1. The molecule has 0 unspecified atom stereocenters. The van der Waals surface area contributed by atoms with E-state index in [4.69, 9.17) is 4.74 Å². The first kappa shape index (κ1) is 27.9. The molecule has 1 saturated carbocycles. The van der Waals surface area contributed by atoms with Gasteiger partial charge in [0.1, 0.15) is 5.60 Å². The van der Waals surface area contributed by atoms with Crippen molar-refractivity contribution in [2.24, 2.45) is 16.7 Å². The zero-order chi connectivity index (χ0) is 27.9. The van der Waals surface area contributed by atoms with Gasteiger partial charge in [0.25, 0.3) is 0 Å². The monoisotopic (exact) mass is 522 g/mol. The standard InChI is InChI=1S/C31H42N2O5/c1-29(2,3)38-28(37)32-23-13-11-21(12-14-23)26(34)33-18-16-25-30(4,5)24(15-17-31(25,6)19-33)20-7-9-22(10-8-20)27(35)36/h7-10,15-16,21,23H,11-14,17-19H2,1-6H3,(H,32,37)(H,35,36)/t21?,23?,31-/m1/s1. The lowest BCUT2D eigenvalue weighted by Gasteiger charge is -2.51. The van der Waals surface area contributed by atoms with E-state index in [0.717, 1.165) is 37.7 Å². The molecule has 7 heteroatoms. The second-order valence-electron chi connectivity index (χ2n) is 12.9. The summed E-state index contributed by atoms with van der Waals surface area (Å²) in [6, 6.07) is 7.16. The number of benzene rings is 1. The SMILES string of the molecule is CC(C)(C)OC(=O)NC1CCC(C(=O)N2CC=C3C(C)(C)C(c4ccc(C(=O)O)cc4)=CC[C@]3(C)C2)CC1. The highest BCUT2D eigenvalue weighted by atomic mass is 16.6. The molecule has 0 spiro atoms. The molecule has 0 aromatic heterocycles. The van der Waals surface area contributed by atoms with Crippen LogP contribution < -0.4 is 5.32 Å². The lowest BCUT2D eigenvalue weighted by molar-refractivity contribution is -0.138. The van der Waals surface area contributed by atoms with Gasteiger partial charge >= 0.3 is 12.1 Å². The molecule has 1 atom stereocenters. The maximum atomic E-state index is 13.5. The molecule has 2 amide bonds. The molecule has 2 N–H and O–H groups in total. The van der Waals surface area contributed by atoms with Crippen LogP contribution in [0.2, 0.25) is 0 Å². The molecule has 206 valence electrons. The normalized spacial score (nSPS) is 26.9. The van der Waals surface area contributed by atoms with Crippen molar-refractivity contribution in [3.63, 3.8) is 0 Å². The number of nitrogens with zero attached hydrogens (tertiary/aromatic N) is 1. The first-order valence-corrected chi connectivity index (χ1v) is 13.7. The van der Waals surface area contributed by atoms with E-state index in [9.17, 15) is 19.5 Å². The summed E-state index contributed by atoms with van der Waals surface area (Å²) in [5, 5.41) is 12.2. The van der Waals surface area contributed by atoms with E-state index in [1.165, 1.54) is 11.1 Å². The van der Waals surface area contributed by atoms with Crippen LogP contribution >= 0.6 is 0 Å². The Morgan fingerprint density at radius 1 is 1.00 bits per heavy atom. The molecule has 0 radical (unpaired) electrons. The van der Waals surface area contributed by atoms with Crippen molar-refractivity contribution >= 4 is 23.5 Å². The second kappa shape index (κ2) is 10.2. The van der Waals surface area contributed by atoms with Crippen LogP contribution in [0.25, 0.3) is 5.57 Å². The van der Waals surface area contributed by atoms with Crippen molar-refractivity contribution in [1.82, 2.24) is 10.2 Å². The molecule has 3 aliphatic rings. The third kappa shape index (κ3) is 5.82. The Labute approximate surface area is 226 Å². The maximum absolute atomic E-state index is 13.5. The fourth-order valence-electron chi connectivity index (χ4n) is 6.59. The van der Waals surface area contributed by atoms with E-state index in [2.05, 4.69) is 38.2 Å². The molecule has 38 heavy (non-hydrogen) atoms. The zero-order valence-electron chi connectivity index (χ0n) is 23.6. The summed E-state index contributed by atoms with van der Waals surface area (Å²) in [5.74, 6) is -0.719. The summed E-state index contributed by atoms with van der Waals surface area (Å²) in [4.78, 5) is 39.0. The Morgan fingerprint density at radius 2 is 1.63 bits per heavy atom. The van der Waals surface area contributed by atoms with Gasteiger partial charge in [-0.2, -0.15) is 0 Å². The molecule has 1 aliphatic heterocycles. The van der Waals surface area contributed by atoms with E-state index in [1.54, 1.807) is 12.1 Å². The summed E-state index contributed by atoms with van der Waals surface area (Å²) in [5.41, 5.74) is 2.98.